The minimum atomic E-state index is 0.258. The molecule has 3 heterocycles. The van der Waals surface area contributed by atoms with E-state index in [0.717, 1.165) is 56.8 Å². The molecule has 0 N–H and O–H groups in total. The zero-order chi connectivity index (χ0) is 18.4. The Balaban J connectivity index is 1.51. The van der Waals surface area contributed by atoms with Crippen LogP contribution in [0.15, 0.2) is 30.9 Å². The standard InChI is InChI=1S/C19H28N6O/c1-23(2)19-17(20-9-10-21-19)14-16-6-3-11-24(15-16)18(26)7-4-12-25-13-5-8-22-25/h5,8-10,13,16H,3-4,6-7,11-12,14-15H2,1-2H3/t16-/m1/s1. The van der Waals surface area contributed by atoms with Crippen LogP contribution < -0.4 is 4.90 Å². The van der Waals surface area contributed by atoms with Gasteiger partial charge in [-0.25, -0.2) is 4.98 Å². The molecule has 0 aliphatic carbocycles. The van der Waals surface area contributed by atoms with Crippen LogP contribution in [0.25, 0.3) is 0 Å². The summed E-state index contributed by atoms with van der Waals surface area (Å²) in [6.07, 6.45) is 11.7. The predicted octanol–water partition coefficient (Wildman–Crippen LogP) is 2.00. The second-order valence-corrected chi connectivity index (χ2v) is 7.15. The van der Waals surface area contributed by atoms with Gasteiger partial charge in [0.15, 0.2) is 0 Å². The van der Waals surface area contributed by atoms with Crippen LogP contribution in [0.2, 0.25) is 0 Å². The van der Waals surface area contributed by atoms with Crippen molar-refractivity contribution < 1.29 is 4.79 Å². The number of rotatable bonds is 7. The summed E-state index contributed by atoms with van der Waals surface area (Å²) in [6, 6.07) is 1.91. The van der Waals surface area contributed by atoms with Gasteiger partial charge in [0.2, 0.25) is 5.91 Å². The lowest BCUT2D eigenvalue weighted by molar-refractivity contribution is -0.133. The Hall–Kier alpha value is -2.44. The van der Waals surface area contributed by atoms with Crippen molar-refractivity contribution in [3.63, 3.8) is 0 Å². The van der Waals surface area contributed by atoms with Crippen molar-refractivity contribution in [1.29, 1.82) is 0 Å². The lowest BCUT2D eigenvalue weighted by Gasteiger charge is -2.33. The van der Waals surface area contributed by atoms with Gasteiger partial charge in [-0.15, -0.1) is 0 Å². The van der Waals surface area contributed by atoms with Crippen LogP contribution in [0.5, 0.6) is 0 Å². The van der Waals surface area contributed by atoms with Crippen molar-refractivity contribution in [2.45, 2.75) is 38.6 Å². The second-order valence-electron chi connectivity index (χ2n) is 7.15. The maximum absolute atomic E-state index is 12.6. The fourth-order valence-corrected chi connectivity index (χ4v) is 3.59. The SMILES string of the molecule is CN(C)c1nccnc1C[C@H]1CCCN(C(=O)CCCn2cccn2)C1. The predicted molar refractivity (Wildman–Crippen MR) is 101 cm³/mol. The molecule has 0 spiro atoms. The molecule has 140 valence electrons. The summed E-state index contributed by atoms with van der Waals surface area (Å²) in [5, 5.41) is 4.18. The highest BCUT2D eigenvalue weighted by Crippen LogP contribution is 2.24. The molecule has 7 heteroatoms. The van der Waals surface area contributed by atoms with Gasteiger partial charge in [0, 0.05) is 64.9 Å². The van der Waals surface area contributed by atoms with Gasteiger partial charge in [0.1, 0.15) is 5.82 Å². The van der Waals surface area contributed by atoms with Crippen molar-refractivity contribution in [3.05, 3.63) is 36.5 Å². The molecule has 1 fully saturated rings. The van der Waals surface area contributed by atoms with Crippen molar-refractivity contribution in [2.24, 2.45) is 5.92 Å². The summed E-state index contributed by atoms with van der Waals surface area (Å²) in [6.45, 7) is 2.49. The van der Waals surface area contributed by atoms with Crippen molar-refractivity contribution in [3.8, 4) is 0 Å². The highest BCUT2D eigenvalue weighted by atomic mass is 16.2. The largest absolute Gasteiger partial charge is 0.361 e. The number of nitrogens with zero attached hydrogens (tertiary/aromatic N) is 6. The monoisotopic (exact) mass is 356 g/mol. The van der Waals surface area contributed by atoms with Gasteiger partial charge >= 0.3 is 0 Å². The molecule has 0 bridgehead atoms. The zero-order valence-corrected chi connectivity index (χ0v) is 15.7. The van der Waals surface area contributed by atoms with Crippen molar-refractivity contribution >= 4 is 11.7 Å². The number of carbonyl (C=O) groups excluding carboxylic acids is 1. The number of amides is 1. The van der Waals surface area contributed by atoms with E-state index < -0.39 is 0 Å². The molecule has 1 atom stereocenters. The molecule has 3 rings (SSSR count). The highest BCUT2D eigenvalue weighted by Gasteiger charge is 2.25. The molecule has 0 unspecified atom stereocenters. The molecule has 2 aromatic heterocycles. The Kier molecular flexibility index (Phi) is 6.20. The first-order chi connectivity index (χ1) is 12.6. The summed E-state index contributed by atoms with van der Waals surface area (Å²) in [7, 11) is 3.98. The third-order valence-electron chi connectivity index (χ3n) is 4.87. The number of piperidine rings is 1. The maximum atomic E-state index is 12.6. The van der Waals surface area contributed by atoms with E-state index in [0.29, 0.717) is 12.3 Å². The average Bonchev–Trinajstić information content (AvgIpc) is 3.15. The minimum Gasteiger partial charge on any atom is -0.361 e. The van der Waals surface area contributed by atoms with E-state index in [9.17, 15) is 4.79 Å². The van der Waals surface area contributed by atoms with Crippen LogP contribution in [0, 0.1) is 5.92 Å². The lowest BCUT2D eigenvalue weighted by Crippen LogP contribution is -2.40. The molecule has 0 radical (unpaired) electrons. The molecular formula is C19H28N6O. The van der Waals surface area contributed by atoms with E-state index >= 15 is 0 Å². The van der Waals surface area contributed by atoms with E-state index in [1.54, 1.807) is 18.6 Å². The second kappa shape index (κ2) is 8.78. The molecule has 1 aliphatic heterocycles. The Morgan fingerprint density at radius 2 is 2.12 bits per heavy atom. The summed E-state index contributed by atoms with van der Waals surface area (Å²) in [4.78, 5) is 25.6. The Morgan fingerprint density at radius 3 is 2.88 bits per heavy atom. The van der Waals surface area contributed by atoms with Crippen LogP contribution in [-0.4, -0.2) is 57.7 Å². The summed E-state index contributed by atoms with van der Waals surface area (Å²) in [5.74, 6) is 1.64. The first-order valence-electron chi connectivity index (χ1n) is 9.36. The molecule has 0 aromatic carbocycles. The van der Waals surface area contributed by atoms with E-state index in [1.807, 2.05) is 40.8 Å². The van der Waals surface area contributed by atoms with Gasteiger partial charge < -0.3 is 9.80 Å². The molecule has 1 aliphatic rings. The normalized spacial score (nSPS) is 17.3. The topological polar surface area (TPSA) is 67.2 Å². The van der Waals surface area contributed by atoms with E-state index in [-0.39, 0.29) is 5.91 Å². The number of anilines is 1. The number of aromatic nitrogens is 4. The van der Waals surface area contributed by atoms with E-state index in [1.165, 1.54) is 0 Å². The summed E-state index contributed by atoms with van der Waals surface area (Å²) >= 11 is 0. The van der Waals surface area contributed by atoms with Gasteiger partial charge in [-0.3, -0.25) is 14.5 Å². The molecule has 2 aromatic rings. The first kappa shape index (κ1) is 18.4. The quantitative estimate of drug-likeness (QED) is 0.759. The number of hydrogen-bond donors (Lipinski definition) is 0. The lowest BCUT2D eigenvalue weighted by atomic mass is 9.93. The first-order valence-corrected chi connectivity index (χ1v) is 9.36. The maximum Gasteiger partial charge on any atom is 0.222 e. The Bertz CT molecular complexity index is 700. The van der Waals surface area contributed by atoms with Crippen LogP contribution in [0.4, 0.5) is 5.82 Å². The zero-order valence-electron chi connectivity index (χ0n) is 15.7. The summed E-state index contributed by atoms with van der Waals surface area (Å²) < 4.78 is 1.88. The van der Waals surface area contributed by atoms with Gasteiger partial charge in [0.05, 0.1) is 5.69 Å². The number of carbonyl (C=O) groups is 1. The summed E-state index contributed by atoms with van der Waals surface area (Å²) in [5.41, 5.74) is 1.02. The average molecular weight is 356 g/mol. The van der Waals surface area contributed by atoms with Crippen LogP contribution >= 0.6 is 0 Å². The highest BCUT2D eigenvalue weighted by molar-refractivity contribution is 5.76. The molecule has 1 amide bonds. The van der Waals surface area contributed by atoms with E-state index in [4.69, 9.17) is 0 Å². The molecular weight excluding hydrogens is 328 g/mol. The van der Waals surface area contributed by atoms with Crippen LogP contribution in [0.3, 0.4) is 0 Å². The molecule has 7 nitrogen and oxygen atoms in total. The van der Waals surface area contributed by atoms with Gasteiger partial charge in [-0.2, -0.15) is 5.10 Å². The smallest absolute Gasteiger partial charge is 0.222 e. The Morgan fingerprint density at radius 1 is 1.27 bits per heavy atom. The van der Waals surface area contributed by atoms with Crippen molar-refractivity contribution in [1.82, 2.24) is 24.6 Å². The van der Waals surface area contributed by atoms with Crippen molar-refractivity contribution in [2.75, 3.05) is 32.1 Å². The van der Waals surface area contributed by atoms with Gasteiger partial charge in [0.25, 0.3) is 0 Å². The third kappa shape index (κ3) is 4.80. The number of aryl methyl sites for hydroxylation is 1. The van der Waals surface area contributed by atoms with Crippen LogP contribution in [0.1, 0.15) is 31.4 Å². The minimum absolute atomic E-state index is 0.258. The fraction of sp³-hybridized carbons (Fsp3) is 0.579. The van der Waals surface area contributed by atoms with E-state index in [2.05, 4.69) is 15.1 Å². The van der Waals surface area contributed by atoms with Gasteiger partial charge in [-0.1, -0.05) is 0 Å². The van der Waals surface area contributed by atoms with Crippen LogP contribution in [-0.2, 0) is 17.8 Å². The Labute approximate surface area is 155 Å². The molecule has 1 saturated heterocycles. The number of hydrogen-bond acceptors (Lipinski definition) is 5. The molecule has 0 saturated carbocycles. The van der Waals surface area contributed by atoms with Gasteiger partial charge in [-0.05, 0) is 37.7 Å². The fourth-order valence-electron chi connectivity index (χ4n) is 3.59. The third-order valence-corrected chi connectivity index (χ3v) is 4.87. The molecule has 26 heavy (non-hydrogen) atoms. The number of likely N-dealkylation sites (tertiary alicyclic amines) is 1.